The van der Waals surface area contributed by atoms with Crippen LogP contribution in [-0.4, -0.2) is 39.7 Å². The van der Waals surface area contributed by atoms with E-state index in [1.165, 1.54) is 38.5 Å². The first-order chi connectivity index (χ1) is 11.7. The largest absolute Gasteiger partial charge is 0.334 e. The van der Waals surface area contributed by atoms with Crippen molar-refractivity contribution in [3.05, 3.63) is 18.0 Å². The summed E-state index contributed by atoms with van der Waals surface area (Å²) in [5, 5.41) is 4.65. The highest BCUT2D eigenvalue weighted by atomic mass is 16.2. The highest BCUT2D eigenvalue weighted by Gasteiger charge is 2.33. The van der Waals surface area contributed by atoms with Crippen LogP contribution in [0.2, 0.25) is 0 Å². The van der Waals surface area contributed by atoms with Crippen LogP contribution in [0, 0.1) is 5.92 Å². The van der Waals surface area contributed by atoms with Crippen LogP contribution < -0.4 is 5.73 Å². The molecule has 1 saturated carbocycles. The molecule has 24 heavy (non-hydrogen) atoms. The third-order valence-electron chi connectivity index (χ3n) is 5.86. The Labute approximate surface area is 145 Å². The van der Waals surface area contributed by atoms with Gasteiger partial charge in [0.25, 0.3) is 5.91 Å². The van der Waals surface area contributed by atoms with E-state index in [2.05, 4.69) is 16.9 Å². The van der Waals surface area contributed by atoms with Crippen LogP contribution >= 0.6 is 0 Å². The lowest BCUT2D eigenvalue weighted by molar-refractivity contribution is 0.0489. The molecule has 2 N–H and O–H groups in total. The molecule has 1 saturated heterocycles. The van der Waals surface area contributed by atoms with E-state index in [1.54, 1.807) is 0 Å². The Morgan fingerprint density at radius 2 is 2.04 bits per heavy atom. The molecule has 1 aliphatic heterocycles. The first kappa shape index (κ1) is 17.5. The van der Waals surface area contributed by atoms with Crippen molar-refractivity contribution in [3.63, 3.8) is 0 Å². The fourth-order valence-electron chi connectivity index (χ4n) is 4.42. The van der Waals surface area contributed by atoms with Crippen molar-refractivity contribution in [2.75, 3.05) is 13.1 Å². The number of likely N-dealkylation sites (tertiary alicyclic amines) is 1. The van der Waals surface area contributed by atoms with Crippen LogP contribution in [0.4, 0.5) is 0 Å². The third-order valence-corrected chi connectivity index (χ3v) is 5.86. The molecule has 134 valence electrons. The van der Waals surface area contributed by atoms with E-state index in [1.807, 2.05) is 16.9 Å². The smallest absolute Gasteiger partial charge is 0.274 e. The summed E-state index contributed by atoms with van der Waals surface area (Å²) in [6.45, 7) is 3.82. The second-order valence-electron chi connectivity index (χ2n) is 7.59. The van der Waals surface area contributed by atoms with Crippen molar-refractivity contribution in [3.8, 4) is 0 Å². The molecule has 0 aromatic carbocycles. The average Bonchev–Trinajstić information content (AvgIpc) is 3.11. The zero-order chi connectivity index (χ0) is 16.9. The van der Waals surface area contributed by atoms with Gasteiger partial charge >= 0.3 is 0 Å². The predicted octanol–water partition coefficient (Wildman–Crippen LogP) is 3.37. The van der Waals surface area contributed by atoms with Gasteiger partial charge in [-0.2, -0.15) is 5.10 Å². The minimum atomic E-state index is 0.109. The standard InChI is InChI=1S/C19H32N4O/c1-15-7-6-13-22(18(15)10-5-12-20)19(24)17-11-14-23(21-17)16-8-3-2-4-9-16/h11,14-16,18H,2-10,12-13,20H2,1H3/t15-,18-/m1/s1. The number of hydrogen-bond acceptors (Lipinski definition) is 3. The number of nitrogens with zero attached hydrogens (tertiary/aromatic N) is 3. The summed E-state index contributed by atoms with van der Waals surface area (Å²) in [5.41, 5.74) is 6.31. The summed E-state index contributed by atoms with van der Waals surface area (Å²) in [6.07, 6.45) is 12.6. The van der Waals surface area contributed by atoms with Crippen LogP contribution in [0.3, 0.4) is 0 Å². The van der Waals surface area contributed by atoms with E-state index in [0.717, 1.165) is 25.8 Å². The fourth-order valence-corrected chi connectivity index (χ4v) is 4.42. The van der Waals surface area contributed by atoms with Crippen LogP contribution in [0.5, 0.6) is 0 Å². The Morgan fingerprint density at radius 1 is 1.25 bits per heavy atom. The monoisotopic (exact) mass is 332 g/mol. The molecule has 1 aromatic heterocycles. The number of aromatic nitrogens is 2. The molecule has 5 heteroatoms. The van der Waals surface area contributed by atoms with Gasteiger partial charge in [-0.05, 0) is 57.1 Å². The van der Waals surface area contributed by atoms with Crippen molar-refractivity contribution < 1.29 is 4.79 Å². The van der Waals surface area contributed by atoms with Gasteiger partial charge in [0.1, 0.15) is 5.69 Å². The fraction of sp³-hybridized carbons (Fsp3) is 0.789. The van der Waals surface area contributed by atoms with Crippen molar-refractivity contribution in [2.45, 2.75) is 76.8 Å². The van der Waals surface area contributed by atoms with Gasteiger partial charge in [-0.3, -0.25) is 9.48 Å². The number of nitrogens with two attached hydrogens (primary N) is 1. The molecule has 3 rings (SSSR count). The van der Waals surface area contributed by atoms with Gasteiger partial charge in [0, 0.05) is 18.8 Å². The molecule has 2 heterocycles. The van der Waals surface area contributed by atoms with Gasteiger partial charge in [0.2, 0.25) is 0 Å². The zero-order valence-corrected chi connectivity index (χ0v) is 15.0. The second kappa shape index (κ2) is 8.15. The molecular weight excluding hydrogens is 300 g/mol. The SMILES string of the molecule is C[C@@H]1CCCN(C(=O)c2ccn(C3CCCCC3)n2)[C@@H]1CCCN. The molecule has 0 radical (unpaired) electrons. The number of piperidine rings is 1. The number of amides is 1. The Kier molecular flexibility index (Phi) is 5.93. The molecule has 2 fully saturated rings. The molecule has 5 nitrogen and oxygen atoms in total. The van der Waals surface area contributed by atoms with Gasteiger partial charge in [0.05, 0.1) is 6.04 Å². The minimum Gasteiger partial charge on any atom is -0.334 e. The summed E-state index contributed by atoms with van der Waals surface area (Å²) in [6, 6.07) is 2.71. The molecule has 2 atom stereocenters. The summed E-state index contributed by atoms with van der Waals surface area (Å²) >= 11 is 0. The molecule has 2 aliphatic rings. The molecule has 0 unspecified atom stereocenters. The lowest BCUT2D eigenvalue weighted by atomic mass is 9.87. The third kappa shape index (κ3) is 3.82. The van der Waals surface area contributed by atoms with E-state index in [-0.39, 0.29) is 5.91 Å². The molecule has 1 aromatic rings. The minimum absolute atomic E-state index is 0.109. The quantitative estimate of drug-likeness (QED) is 0.899. The number of carbonyl (C=O) groups excluding carboxylic acids is 1. The van der Waals surface area contributed by atoms with Gasteiger partial charge in [-0.15, -0.1) is 0 Å². The Hall–Kier alpha value is -1.36. The Balaban J connectivity index is 1.70. The van der Waals surface area contributed by atoms with E-state index < -0.39 is 0 Å². The maximum Gasteiger partial charge on any atom is 0.274 e. The van der Waals surface area contributed by atoms with Crippen LogP contribution in [-0.2, 0) is 0 Å². The molecule has 0 bridgehead atoms. The average molecular weight is 332 g/mol. The van der Waals surface area contributed by atoms with Crippen molar-refractivity contribution in [1.82, 2.24) is 14.7 Å². The summed E-state index contributed by atoms with van der Waals surface area (Å²) in [4.78, 5) is 15.1. The summed E-state index contributed by atoms with van der Waals surface area (Å²) in [7, 11) is 0. The zero-order valence-electron chi connectivity index (χ0n) is 15.0. The molecule has 0 spiro atoms. The van der Waals surface area contributed by atoms with E-state index in [0.29, 0.717) is 30.2 Å². The highest BCUT2D eigenvalue weighted by molar-refractivity contribution is 5.92. The van der Waals surface area contributed by atoms with E-state index in [4.69, 9.17) is 5.73 Å². The molecule has 1 amide bonds. The number of carbonyl (C=O) groups is 1. The van der Waals surface area contributed by atoms with Crippen molar-refractivity contribution >= 4 is 5.91 Å². The normalized spacial score (nSPS) is 25.8. The van der Waals surface area contributed by atoms with Crippen molar-refractivity contribution in [2.24, 2.45) is 11.7 Å². The van der Waals surface area contributed by atoms with Gasteiger partial charge in [-0.25, -0.2) is 0 Å². The van der Waals surface area contributed by atoms with E-state index >= 15 is 0 Å². The lowest BCUT2D eigenvalue weighted by Crippen LogP contribution is -2.48. The Morgan fingerprint density at radius 3 is 2.79 bits per heavy atom. The highest BCUT2D eigenvalue weighted by Crippen LogP contribution is 2.29. The number of rotatable bonds is 5. The van der Waals surface area contributed by atoms with Crippen molar-refractivity contribution in [1.29, 1.82) is 0 Å². The summed E-state index contributed by atoms with van der Waals surface area (Å²) in [5.74, 6) is 0.660. The second-order valence-corrected chi connectivity index (χ2v) is 7.59. The number of hydrogen-bond donors (Lipinski definition) is 1. The molecular formula is C19H32N4O. The Bertz CT molecular complexity index is 535. The van der Waals surface area contributed by atoms with Crippen LogP contribution in [0.25, 0.3) is 0 Å². The van der Waals surface area contributed by atoms with Gasteiger partial charge in [0.15, 0.2) is 0 Å². The summed E-state index contributed by atoms with van der Waals surface area (Å²) < 4.78 is 2.04. The van der Waals surface area contributed by atoms with Gasteiger partial charge < -0.3 is 10.6 Å². The van der Waals surface area contributed by atoms with Gasteiger partial charge in [-0.1, -0.05) is 26.2 Å². The molecule has 1 aliphatic carbocycles. The topological polar surface area (TPSA) is 64.2 Å². The lowest BCUT2D eigenvalue weighted by Gasteiger charge is -2.40. The first-order valence-electron chi connectivity index (χ1n) is 9.77. The van der Waals surface area contributed by atoms with Crippen LogP contribution in [0.1, 0.15) is 81.2 Å². The maximum absolute atomic E-state index is 13.0. The first-order valence-corrected chi connectivity index (χ1v) is 9.77. The predicted molar refractivity (Wildman–Crippen MR) is 95.9 cm³/mol. The van der Waals surface area contributed by atoms with E-state index in [9.17, 15) is 4.79 Å². The van der Waals surface area contributed by atoms with Crippen LogP contribution in [0.15, 0.2) is 12.3 Å². The maximum atomic E-state index is 13.0.